The summed E-state index contributed by atoms with van der Waals surface area (Å²) in [4.78, 5) is 41.4. The maximum absolute atomic E-state index is 13.5. The first-order valence-electron chi connectivity index (χ1n) is 14.7. The molecule has 0 radical (unpaired) electrons. The summed E-state index contributed by atoms with van der Waals surface area (Å²) in [5, 5.41) is 12.5. The molecule has 2 aromatic rings. The van der Waals surface area contributed by atoms with E-state index in [1.54, 1.807) is 11.0 Å². The van der Waals surface area contributed by atoms with Gasteiger partial charge in [0.2, 0.25) is 11.8 Å². The third-order valence-corrected chi connectivity index (χ3v) is 7.66. The molecule has 1 saturated heterocycles. The summed E-state index contributed by atoms with van der Waals surface area (Å²) in [5.41, 5.74) is 1.85. The van der Waals surface area contributed by atoms with Gasteiger partial charge in [0.25, 0.3) is 0 Å². The smallest absolute Gasteiger partial charge is 0.309 e. The van der Waals surface area contributed by atoms with Crippen molar-refractivity contribution in [2.24, 2.45) is 11.8 Å². The number of carbonyl (C=O) groups is 3. The number of carbonyl (C=O) groups excluding carboxylic acids is 3. The van der Waals surface area contributed by atoms with Crippen molar-refractivity contribution < 1.29 is 24.2 Å². The molecule has 7 nitrogen and oxygen atoms in total. The quantitative estimate of drug-likeness (QED) is 0.158. The van der Waals surface area contributed by atoms with E-state index >= 15 is 0 Å². The van der Waals surface area contributed by atoms with E-state index in [9.17, 15) is 19.5 Å². The van der Waals surface area contributed by atoms with E-state index in [1.807, 2.05) is 66.7 Å². The Kier molecular flexibility index (Phi) is 13.3. The number of ether oxygens (including phenoxy) is 1. The number of allylic oxidation sites excluding steroid dienone is 2. The average Bonchev–Trinajstić information content (AvgIpc) is 3.48. The standard InChI is InChI=1S/C34H44N2O5/c1-3-5-8-19-29(22-26-15-9-6-10-16-26)34(40)41-31(27-17-11-7-12-18-27)24-35-33(39)28(14-4-2)23-32(38)36-21-13-20-30(36)25-37/h3-4,6-7,9-12,15-18,28-31,37H,1-2,5,8,13-14,19-25H2,(H,35,39). The van der Waals surface area contributed by atoms with Gasteiger partial charge in [0, 0.05) is 13.0 Å². The van der Waals surface area contributed by atoms with Gasteiger partial charge in [0.1, 0.15) is 6.10 Å². The lowest BCUT2D eigenvalue weighted by Crippen LogP contribution is -2.41. The Morgan fingerprint density at radius 3 is 2.39 bits per heavy atom. The number of nitrogens with zero attached hydrogens (tertiary/aromatic N) is 1. The van der Waals surface area contributed by atoms with Gasteiger partial charge in [-0.3, -0.25) is 14.4 Å². The van der Waals surface area contributed by atoms with E-state index in [-0.39, 0.29) is 49.3 Å². The zero-order valence-electron chi connectivity index (χ0n) is 24.0. The minimum atomic E-state index is -0.678. The summed E-state index contributed by atoms with van der Waals surface area (Å²) in [6.07, 6.45) is 7.68. The van der Waals surface area contributed by atoms with Gasteiger partial charge in [-0.15, -0.1) is 13.2 Å². The summed E-state index contributed by atoms with van der Waals surface area (Å²) in [6.45, 7) is 8.16. The maximum atomic E-state index is 13.5. The van der Waals surface area contributed by atoms with Crippen molar-refractivity contribution in [1.82, 2.24) is 10.2 Å². The van der Waals surface area contributed by atoms with Crippen LogP contribution in [-0.2, 0) is 25.5 Å². The largest absolute Gasteiger partial charge is 0.455 e. The predicted molar refractivity (Wildman–Crippen MR) is 161 cm³/mol. The van der Waals surface area contributed by atoms with Crippen LogP contribution in [0, 0.1) is 11.8 Å². The summed E-state index contributed by atoms with van der Waals surface area (Å²) in [5.74, 6) is -1.66. The van der Waals surface area contributed by atoms with Crippen LogP contribution in [0.15, 0.2) is 86.0 Å². The normalized spacial score (nSPS) is 16.8. The monoisotopic (exact) mass is 560 g/mol. The molecule has 3 rings (SSSR count). The van der Waals surface area contributed by atoms with E-state index in [0.717, 1.165) is 36.8 Å². The van der Waals surface area contributed by atoms with Gasteiger partial charge in [0.15, 0.2) is 0 Å². The number of aliphatic hydroxyl groups is 1. The van der Waals surface area contributed by atoms with Crippen molar-refractivity contribution in [1.29, 1.82) is 0 Å². The van der Waals surface area contributed by atoms with Gasteiger partial charge in [0.05, 0.1) is 31.0 Å². The lowest BCUT2D eigenvalue weighted by atomic mass is 9.94. The van der Waals surface area contributed by atoms with Crippen LogP contribution in [0.3, 0.4) is 0 Å². The first-order chi connectivity index (χ1) is 20.0. The highest BCUT2D eigenvalue weighted by atomic mass is 16.5. The van der Waals surface area contributed by atoms with Crippen LogP contribution in [0.1, 0.15) is 62.2 Å². The average molecular weight is 561 g/mol. The Morgan fingerprint density at radius 1 is 1.02 bits per heavy atom. The molecule has 41 heavy (non-hydrogen) atoms. The Hall–Kier alpha value is -3.71. The fourth-order valence-electron chi connectivity index (χ4n) is 5.35. The number of hydrogen-bond acceptors (Lipinski definition) is 5. The van der Waals surface area contributed by atoms with Crippen LogP contribution in [-0.4, -0.2) is 53.5 Å². The molecule has 1 fully saturated rings. The van der Waals surface area contributed by atoms with Crippen molar-refractivity contribution >= 4 is 17.8 Å². The fourth-order valence-corrected chi connectivity index (χ4v) is 5.35. The molecule has 1 aliphatic heterocycles. The molecule has 2 N–H and O–H groups in total. The molecule has 0 spiro atoms. The Labute approximate surface area is 244 Å². The second-order valence-corrected chi connectivity index (χ2v) is 10.7. The van der Waals surface area contributed by atoms with Gasteiger partial charge >= 0.3 is 5.97 Å². The van der Waals surface area contributed by atoms with Crippen LogP contribution in [0.4, 0.5) is 0 Å². The maximum Gasteiger partial charge on any atom is 0.309 e. The zero-order valence-corrected chi connectivity index (χ0v) is 24.0. The summed E-state index contributed by atoms with van der Waals surface area (Å²) >= 11 is 0. The van der Waals surface area contributed by atoms with Crippen molar-refractivity contribution in [3.05, 3.63) is 97.1 Å². The minimum Gasteiger partial charge on any atom is -0.455 e. The first-order valence-corrected chi connectivity index (χ1v) is 14.7. The molecule has 7 heteroatoms. The van der Waals surface area contributed by atoms with Crippen LogP contribution in [0.2, 0.25) is 0 Å². The highest BCUT2D eigenvalue weighted by Crippen LogP contribution is 2.24. The third-order valence-electron chi connectivity index (χ3n) is 7.66. The molecule has 4 atom stereocenters. The van der Waals surface area contributed by atoms with E-state index < -0.39 is 12.0 Å². The number of aliphatic hydroxyl groups excluding tert-OH is 1. The summed E-state index contributed by atoms with van der Waals surface area (Å²) in [7, 11) is 0. The van der Waals surface area contributed by atoms with E-state index in [1.165, 1.54) is 0 Å². The topological polar surface area (TPSA) is 95.9 Å². The van der Waals surface area contributed by atoms with Crippen molar-refractivity contribution in [3.8, 4) is 0 Å². The zero-order chi connectivity index (χ0) is 29.5. The molecular formula is C34H44N2O5. The van der Waals surface area contributed by atoms with Gasteiger partial charge in [-0.2, -0.15) is 0 Å². The molecule has 1 aliphatic rings. The molecule has 4 unspecified atom stereocenters. The molecule has 220 valence electrons. The van der Waals surface area contributed by atoms with Crippen LogP contribution in [0.25, 0.3) is 0 Å². The number of likely N-dealkylation sites (tertiary alicyclic amines) is 1. The molecular weight excluding hydrogens is 516 g/mol. The lowest BCUT2D eigenvalue weighted by Gasteiger charge is -2.26. The molecule has 0 aromatic heterocycles. The van der Waals surface area contributed by atoms with Crippen LogP contribution >= 0.6 is 0 Å². The van der Waals surface area contributed by atoms with E-state index in [4.69, 9.17) is 4.74 Å². The second kappa shape index (κ2) is 17.2. The third kappa shape index (κ3) is 10.0. The number of benzene rings is 2. The number of rotatable bonds is 17. The lowest BCUT2D eigenvalue weighted by molar-refractivity contribution is -0.155. The molecule has 0 aliphatic carbocycles. The summed E-state index contributed by atoms with van der Waals surface area (Å²) < 4.78 is 6.08. The van der Waals surface area contributed by atoms with Crippen molar-refractivity contribution in [2.75, 3.05) is 19.7 Å². The number of esters is 1. The highest BCUT2D eigenvalue weighted by molar-refractivity contribution is 5.86. The molecule has 2 amide bonds. The number of unbranched alkanes of at least 4 members (excludes halogenated alkanes) is 1. The van der Waals surface area contributed by atoms with E-state index in [0.29, 0.717) is 25.8 Å². The van der Waals surface area contributed by atoms with Crippen LogP contribution in [0.5, 0.6) is 0 Å². The molecule has 2 aromatic carbocycles. The van der Waals surface area contributed by atoms with Crippen molar-refractivity contribution in [3.63, 3.8) is 0 Å². The number of hydrogen-bond donors (Lipinski definition) is 2. The fraction of sp³-hybridized carbons (Fsp3) is 0.441. The highest BCUT2D eigenvalue weighted by Gasteiger charge is 2.32. The first kappa shape index (κ1) is 31.8. The van der Waals surface area contributed by atoms with Gasteiger partial charge in [-0.05, 0) is 56.1 Å². The Balaban J connectivity index is 1.69. The minimum absolute atomic E-state index is 0.0343. The van der Waals surface area contributed by atoms with Gasteiger partial charge < -0.3 is 20.1 Å². The predicted octanol–water partition coefficient (Wildman–Crippen LogP) is 5.17. The Bertz CT molecular complexity index is 1120. The molecule has 1 heterocycles. The Morgan fingerprint density at radius 2 is 1.73 bits per heavy atom. The molecule has 0 saturated carbocycles. The van der Waals surface area contributed by atoms with Gasteiger partial charge in [-0.25, -0.2) is 0 Å². The molecule has 0 bridgehead atoms. The van der Waals surface area contributed by atoms with Crippen molar-refractivity contribution in [2.45, 2.75) is 63.5 Å². The summed E-state index contributed by atoms with van der Waals surface area (Å²) in [6, 6.07) is 19.1. The number of amides is 2. The van der Waals surface area contributed by atoms with E-state index in [2.05, 4.69) is 18.5 Å². The van der Waals surface area contributed by atoms with Crippen LogP contribution < -0.4 is 5.32 Å². The second-order valence-electron chi connectivity index (χ2n) is 10.7. The number of nitrogens with one attached hydrogen (secondary N) is 1. The van der Waals surface area contributed by atoms with Gasteiger partial charge in [-0.1, -0.05) is 72.8 Å². The SMILES string of the molecule is C=CCCCC(Cc1ccccc1)C(=O)OC(CNC(=O)C(CC=C)CC(=O)N1CCCC1CO)c1ccccc1.